The second kappa shape index (κ2) is 7.42. The number of hydrogen-bond donors (Lipinski definition) is 1. The molecule has 0 amide bonds. The first-order valence-electron chi connectivity index (χ1n) is 6.14. The van der Waals surface area contributed by atoms with Crippen LogP contribution < -0.4 is 5.73 Å². The lowest BCUT2D eigenvalue weighted by Crippen LogP contribution is -2.18. The molecule has 0 aliphatic heterocycles. The van der Waals surface area contributed by atoms with E-state index in [4.69, 9.17) is 10.5 Å². The maximum Gasteiger partial charge on any atom is 0.0947 e. The minimum atomic E-state index is 0.0421. The predicted molar refractivity (Wildman–Crippen MR) is 68.3 cm³/mol. The number of hydrogen-bond acceptors (Lipinski definition) is 2. The van der Waals surface area contributed by atoms with Gasteiger partial charge in [0.1, 0.15) is 0 Å². The van der Waals surface area contributed by atoms with Gasteiger partial charge in [0.05, 0.1) is 12.7 Å². The molecule has 2 heteroatoms. The van der Waals surface area contributed by atoms with Crippen LogP contribution in [-0.2, 0) is 4.74 Å². The maximum absolute atomic E-state index is 5.87. The molecule has 0 spiro atoms. The van der Waals surface area contributed by atoms with Crippen molar-refractivity contribution in [3.8, 4) is 0 Å². The van der Waals surface area contributed by atoms with Crippen LogP contribution in [0.25, 0.3) is 0 Å². The first kappa shape index (κ1) is 13.2. The van der Waals surface area contributed by atoms with Crippen LogP contribution in [0.4, 0.5) is 0 Å². The van der Waals surface area contributed by atoms with Crippen molar-refractivity contribution in [3.05, 3.63) is 35.9 Å². The third kappa shape index (κ3) is 4.33. The highest BCUT2D eigenvalue weighted by atomic mass is 16.5. The fourth-order valence-electron chi connectivity index (χ4n) is 1.82. The third-order valence-corrected chi connectivity index (χ3v) is 2.75. The molecule has 2 N–H and O–H groups in total. The minimum Gasteiger partial charge on any atom is -0.372 e. The normalized spacial score (nSPS) is 14.7. The van der Waals surface area contributed by atoms with Crippen LogP contribution in [0.3, 0.4) is 0 Å². The Bertz CT molecular complexity index is 273. The zero-order valence-electron chi connectivity index (χ0n) is 10.4. The van der Waals surface area contributed by atoms with Gasteiger partial charge in [0.2, 0.25) is 0 Å². The minimum absolute atomic E-state index is 0.0421. The molecule has 90 valence electrons. The maximum atomic E-state index is 5.87. The standard InChI is InChI=1S/C14H23NO/c1-3-7-12(2)11-16-14(10-15)13-8-5-4-6-9-13/h4-6,8-9,12,14H,3,7,10-11,15H2,1-2H3. The topological polar surface area (TPSA) is 35.2 Å². The fourth-order valence-corrected chi connectivity index (χ4v) is 1.82. The Morgan fingerprint density at radius 2 is 1.94 bits per heavy atom. The van der Waals surface area contributed by atoms with Crippen LogP contribution >= 0.6 is 0 Å². The summed E-state index contributed by atoms with van der Waals surface area (Å²) in [5.74, 6) is 0.614. The molecule has 0 aromatic heterocycles. The molecule has 0 radical (unpaired) electrons. The van der Waals surface area contributed by atoms with Crippen molar-refractivity contribution in [3.63, 3.8) is 0 Å². The molecule has 0 aliphatic carbocycles. The van der Waals surface area contributed by atoms with E-state index in [1.807, 2.05) is 18.2 Å². The summed E-state index contributed by atoms with van der Waals surface area (Å²) in [6, 6.07) is 10.2. The highest BCUT2D eigenvalue weighted by Crippen LogP contribution is 2.17. The van der Waals surface area contributed by atoms with Gasteiger partial charge in [0.25, 0.3) is 0 Å². The first-order valence-corrected chi connectivity index (χ1v) is 6.14. The van der Waals surface area contributed by atoms with Crippen molar-refractivity contribution < 1.29 is 4.74 Å². The van der Waals surface area contributed by atoms with E-state index in [2.05, 4.69) is 26.0 Å². The van der Waals surface area contributed by atoms with E-state index < -0.39 is 0 Å². The fraction of sp³-hybridized carbons (Fsp3) is 0.571. The molecular weight excluding hydrogens is 198 g/mol. The Balaban J connectivity index is 2.44. The Kier molecular flexibility index (Phi) is 6.12. The van der Waals surface area contributed by atoms with Crippen LogP contribution in [0, 0.1) is 5.92 Å². The van der Waals surface area contributed by atoms with E-state index in [1.54, 1.807) is 0 Å². The third-order valence-electron chi connectivity index (χ3n) is 2.75. The molecule has 1 rings (SSSR count). The molecule has 0 aliphatic rings. The molecule has 0 saturated carbocycles. The van der Waals surface area contributed by atoms with Gasteiger partial charge in [0.15, 0.2) is 0 Å². The predicted octanol–water partition coefficient (Wildman–Crippen LogP) is 3.14. The van der Waals surface area contributed by atoms with Gasteiger partial charge in [-0.05, 0) is 17.9 Å². The summed E-state index contributed by atoms with van der Waals surface area (Å²) in [7, 11) is 0. The molecular formula is C14H23NO. The number of benzene rings is 1. The summed E-state index contributed by atoms with van der Waals surface area (Å²) >= 11 is 0. The van der Waals surface area contributed by atoms with Gasteiger partial charge in [-0.2, -0.15) is 0 Å². The zero-order valence-corrected chi connectivity index (χ0v) is 10.4. The quantitative estimate of drug-likeness (QED) is 0.767. The molecule has 2 nitrogen and oxygen atoms in total. The summed E-state index contributed by atoms with van der Waals surface area (Å²) < 4.78 is 5.87. The second-order valence-corrected chi connectivity index (χ2v) is 4.36. The number of rotatable bonds is 7. The summed E-state index contributed by atoms with van der Waals surface area (Å²) in [5, 5.41) is 0. The lowest BCUT2D eigenvalue weighted by molar-refractivity contribution is 0.0351. The Hall–Kier alpha value is -0.860. The van der Waals surface area contributed by atoms with Crippen molar-refractivity contribution in [2.75, 3.05) is 13.2 Å². The molecule has 0 bridgehead atoms. The van der Waals surface area contributed by atoms with Crippen molar-refractivity contribution in [2.45, 2.75) is 32.8 Å². The molecule has 0 heterocycles. The SMILES string of the molecule is CCCC(C)COC(CN)c1ccccc1. The molecule has 16 heavy (non-hydrogen) atoms. The number of nitrogens with two attached hydrogens (primary N) is 1. The molecule has 0 fully saturated rings. The average Bonchev–Trinajstić information content (AvgIpc) is 2.31. The molecule has 2 atom stereocenters. The van der Waals surface area contributed by atoms with E-state index in [9.17, 15) is 0 Å². The van der Waals surface area contributed by atoms with E-state index in [1.165, 1.54) is 18.4 Å². The van der Waals surface area contributed by atoms with Gasteiger partial charge in [0, 0.05) is 6.54 Å². The first-order chi connectivity index (χ1) is 7.77. The van der Waals surface area contributed by atoms with E-state index >= 15 is 0 Å². The van der Waals surface area contributed by atoms with Crippen molar-refractivity contribution in [2.24, 2.45) is 11.7 Å². The Morgan fingerprint density at radius 1 is 1.25 bits per heavy atom. The van der Waals surface area contributed by atoms with Gasteiger partial charge in [-0.3, -0.25) is 0 Å². The second-order valence-electron chi connectivity index (χ2n) is 4.36. The van der Waals surface area contributed by atoms with Crippen molar-refractivity contribution in [1.29, 1.82) is 0 Å². The van der Waals surface area contributed by atoms with Gasteiger partial charge in [-0.25, -0.2) is 0 Å². The lowest BCUT2D eigenvalue weighted by Gasteiger charge is -2.19. The highest BCUT2D eigenvalue weighted by Gasteiger charge is 2.11. The summed E-state index contributed by atoms with van der Waals surface area (Å²) in [6.45, 7) is 5.77. The van der Waals surface area contributed by atoms with Crippen LogP contribution in [0.1, 0.15) is 38.4 Å². The molecule has 2 unspecified atom stereocenters. The monoisotopic (exact) mass is 221 g/mol. The van der Waals surface area contributed by atoms with Crippen LogP contribution in [-0.4, -0.2) is 13.2 Å². The van der Waals surface area contributed by atoms with Crippen LogP contribution in [0.2, 0.25) is 0 Å². The zero-order chi connectivity index (χ0) is 11.8. The van der Waals surface area contributed by atoms with E-state index in [-0.39, 0.29) is 6.10 Å². The lowest BCUT2D eigenvalue weighted by atomic mass is 10.1. The van der Waals surface area contributed by atoms with E-state index in [0.29, 0.717) is 12.5 Å². The van der Waals surface area contributed by atoms with Gasteiger partial charge in [-0.1, -0.05) is 50.6 Å². The van der Waals surface area contributed by atoms with Crippen LogP contribution in [0.5, 0.6) is 0 Å². The Labute approximate surface area is 98.8 Å². The largest absolute Gasteiger partial charge is 0.372 e. The van der Waals surface area contributed by atoms with Crippen LogP contribution in [0.15, 0.2) is 30.3 Å². The van der Waals surface area contributed by atoms with Gasteiger partial charge < -0.3 is 10.5 Å². The summed E-state index contributed by atoms with van der Waals surface area (Å²) in [6.07, 6.45) is 2.47. The molecule has 1 aromatic rings. The Morgan fingerprint density at radius 3 is 2.50 bits per heavy atom. The molecule has 1 aromatic carbocycles. The van der Waals surface area contributed by atoms with Crippen molar-refractivity contribution >= 4 is 0 Å². The number of ether oxygens (including phenoxy) is 1. The summed E-state index contributed by atoms with van der Waals surface area (Å²) in [4.78, 5) is 0. The van der Waals surface area contributed by atoms with Gasteiger partial charge >= 0.3 is 0 Å². The highest BCUT2D eigenvalue weighted by molar-refractivity contribution is 5.17. The molecule has 0 saturated heterocycles. The van der Waals surface area contributed by atoms with Gasteiger partial charge in [-0.15, -0.1) is 0 Å². The van der Waals surface area contributed by atoms with E-state index in [0.717, 1.165) is 6.61 Å². The summed E-state index contributed by atoms with van der Waals surface area (Å²) in [5.41, 5.74) is 6.91. The van der Waals surface area contributed by atoms with Crippen molar-refractivity contribution in [1.82, 2.24) is 0 Å². The average molecular weight is 221 g/mol. The smallest absolute Gasteiger partial charge is 0.0947 e.